The van der Waals surface area contributed by atoms with Crippen molar-refractivity contribution in [2.75, 3.05) is 5.32 Å². The molecule has 1 aliphatic rings. The zero-order chi connectivity index (χ0) is 18.4. The van der Waals surface area contributed by atoms with Crippen molar-refractivity contribution in [1.29, 1.82) is 0 Å². The Hall–Kier alpha value is -2.53. The largest absolute Gasteiger partial charge is 0.430 e. The van der Waals surface area contributed by atoms with Gasteiger partial charge in [-0.05, 0) is 12.1 Å². The molecule has 0 aliphatic carbocycles. The van der Waals surface area contributed by atoms with Crippen molar-refractivity contribution < 1.29 is 34.2 Å². The molecule has 0 aromatic heterocycles. The molecule has 1 fully saturated rings. The van der Waals surface area contributed by atoms with E-state index in [1.54, 1.807) is 30.3 Å². The second-order valence-corrected chi connectivity index (χ2v) is 5.36. The molecule has 2 amide bonds. The summed E-state index contributed by atoms with van der Waals surface area (Å²) in [4.78, 5) is 38.8. The van der Waals surface area contributed by atoms with Gasteiger partial charge in [-0.1, -0.05) is 18.2 Å². The average Bonchev–Trinajstić information content (AvgIpc) is 2.59. The zero-order valence-corrected chi connectivity index (χ0v) is 13.3. The van der Waals surface area contributed by atoms with Gasteiger partial charge in [0.15, 0.2) is 12.5 Å². The molecule has 1 aromatic carbocycles. The van der Waals surface area contributed by atoms with Crippen molar-refractivity contribution >= 4 is 24.0 Å². The summed E-state index contributed by atoms with van der Waals surface area (Å²) >= 11 is 0. The number of amides is 2. The van der Waals surface area contributed by atoms with Gasteiger partial charge in [0.05, 0.1) is 6.04 Å². The zero-order valence-electron chi connectivity index (χ0n) is 13.3. The fourth-order valence-corrected chi connectivity index (χ4v) is 2.31. The molecule has 25 heavy (non-hydrogen) atoms. The second-order valence-electron chi connectivity index (χ2n) is 5.36. The molecule has 136 valence electrons. The van der Waals surface area contributed by atoms with Gasteiger partial charge in [-0.15, -0.1) is 5.48 Å². The van der Waals surface area contributed by atoms with Crippen LogP contribution in [0.5, 0.6) is 0 Å². The summed E-state index contributed by atoms with van der Waals surface area (Å²) in [5.41, 5.74) is 2.72. The van der Waals surface area contributed by atoms with Gasteiger partial charge < -0.3 is 29.9 Å². The summed E-state index contributed by atoms with van der Waals surface area (Å²) in [6, 6.07) is 7.34. The number of aliphatic hydroxyl groups is 2. The standard InChI is InChI=1S/C15H19N3O7/c1-8(20)16-11-13(22)12(21)10(7-19)24-14(11)18-25-15(23)17-9-5-3-2-4-6-9/h2-7,10-14,18,21-22H,1H3,(H,16,20)(H,17,23)/t10-,11-,12-,13-,14+/m1/s1. The minimum absolute atomic E-state index is 0.302. The molecule has 5 N–H and O–H groups in total. The Morgan fingerprint density at radius 3 is 2.48 bits per heavy atom. The predicted molar refractivity (Wildman–Crippen MR) is 84.0 cm³/mol. The SMILES string of the molecule is CC(=O)N[C@@H]1[C@@H](O)[C@H](O)[C@@H](C=O)O[C@@H]1NOC(=O)Nc1ccccc1. The monoisotopic (exact) mass is 353 g/mol. The van der Waals surface area contributed by atoms with Crippen LogP contribution in [0.25, 0.3) is 0 Å². The van der Waals surface area contributed by atoms with E-state index in [0.29, 0.717) is 12.0 Å². The third kappa shape index (κ3) is 4.97. The predicted octanol–water partition coefficient (Wildman–Crippen LogP) is -1.11. The molecule has 10 heteroatoms. The number of anilines is 1. The number of carbonyl (C=O) groups excluding carboxylic acids is 3. The molecule has 1 heterocycles. The first-order valence-corrected chi connectivity index (χ1v) is 7.44. The first-order valence-electron chi connectivity index (χ1n) is 7.44. The molecule has 1 aliphatic heterocycles. The molecule has 0 saturated carbocycles. The van der Waals surface area contributed by atoms with Crippen LogP contribution in [0, 0.1) is 0 Å². The number of aliphatic hydroxyl groups excluding tert-OH is 2. The highest BCUT2D eigenvalue weighted by Gasteiger charge is 2.45. The molecule has 0 bridgehead atoms. The lowest BCUT2D eigenvalue weighted by Crippen LogP contribution is -2.67. The summed E-state index contributed by atoms with van der Waals surface area (Å²) in [5.74, 6) is -0.509. The number of para-hydroxylation sites is 1. The van der Waals surface area contributed by atoms with Gasteiger partial charge in [0.1, 0.15) is 18.3 Å². The van der Waals surface area contributed by atoms with E-state index < -0.39 is 42.6 Å². The molecule has 10 nitrogen and oxygen atoms in total. The maximum Gasteiger partial charge on any atom is 0.430 e. The Kier molecular flexibility index (Phi) is 6.42. The van der Waals surface area contributed by atoms with Gasteiger partial charge in [0, 0.05) is 12.6 Å². The maximum absolute atomic E-state index is 11.8. The lowest BCUT2D eigenvalue weighted by atomic mass is 9.96. The van der Waals surface area contributed by atoms with Crippen LogP contribution in [-0.2, 0) is 19.2 Å². The fourth-order valence-electron chi connectivity index (χ4n) is 2.31. The fraction of sp³-hybridized carbons (Fsp3) is 0.400. The van der Waals surface area contributed by atoms with Crippen LogP contribution in [0.4, 0.5) is 10.5 Å². The molecule has 1 aromatic rings. The van der Waals surface area contributed by atoms with Crippen LogP contribution in [0.15, 0.2) is 30.3 Å². The van der Waals surface area contributed by atoms with Crippen molar-refractivity contribution in [1.82, 2.24) is 10.8 Å². The summed E-state index contributed by atoms with van der Waals surface area (Å²) in [7, 11) is 0. The number of hydroxylamine groups is 1. The number of hydrogen-bond donors (Lipinski definition) is 5. The van der Waals surface area contributed by atoms with E-state index in [1.165, 1.54) is 6.92 Å². The molecule has 0 unspecified atom stereocenters. The van der Waals surface area contributed by atoms with Crippen LogP contribution in [0.1, 0.15) is 6.92 Å². The number of aldehydes is 1. The summed E-state index contributed by atoms with van der Waals surface area (Å²) in [6.07, 6.45) is -6.22. The van der Waals surface area contributed by atoms with Crippen molar-refractivity contribution in [3.63, 3.8) is 0 Å². The topological polar surface area (TPSA) is 146 Å². The van der Waals surface area contributed by atoms with E-state index in [-0.39, 0.29) is 0 Å². The minimum atomic E-state index is -1.54. The van der Waals surface area contributed by atoms with Crippen molar-refractivity contribution in [3.05, 3.63) is 30.3 Å². The first kappa shape index (κ1) is 18.8. The van der Waals surface area contributed by atoms with Crippen LogP contribution >= 0.6 is 0 Å². The number of rotatable bonds is 5. The maximum atomic E-state index is 11.8. The molecular formula is C15H19N3O7. The van der Waals surface area contributed by atoms with Gasteiger partial charge in [-0.3, -0.25) is 10.1 Å². The minimum Gasteiger partial charge on any atom is -0.388 e. The molecule has 0 radical (unpaired) electrons. The van der Waals surface area contributed by atoms with E-state index in [1.807, 2.05) is 0 Å². The number of ether oxygens (including phenoxy) is 1. The Labute approximate surface area is 143 Å². The molecule has 1 saturated heterocycles. The molecule has 5 atom stereocenters. The highest BCUT2D eigenvalue weighted by molar-refractivity contribution is 5.84. The summed E-state index contributed by atoms with van der Waals surface area (Å²) in [6.45, 7) is 1.20. The van der Waals surface area contributed by atoms with Crippen molar-refractivity contribution in [3.8, 4) is 0 Å². The Morgan fingerprint density at radius 2 is 1.88 bits per heavy atom. The lowest BCUT2D eigenvalue weighted by molar-refractivity contribution is -0.207. The van der Waals surface area contributed by atoms with E-state index in [0.717, 1.165) is 0 Å². The first-order chi connectivity index (χ1) is 11.9. The van der Waals surface area contributed by atoms with E-state index in [9.17, 15) is 24.6 Å². The average molecular weight is 353 g/mol. The highest BCUT2D eigenvalue weighted by Crippen LogP contribution is 2.19. The van der Waals surface area contributed by atoms with Crippen LogP contribution < -0.4 is 16.1 Å². The molecule has 2 rings (SSSR count). The van der Waals surface area contributed by atoms with Gasteiger partial charge in [-0.25, -0.2) is 4.79 Å². The van der Waals surface area contributed by atoms with Crippen LogP contribution in [-0.4, -0.2) is 59.1 Å². The molecular weight excluding hydrogens is 334 g/mol. The smallest absolute Gasteiger partial charge is 0.388 e. The summed E-state index contributed by atoms with van der Waals surface area (Å²) < 4.78 is 5.22. The Bertz CT molecular complexity index is 612. The summed E-state index contributed by atoms with van der Waals surface area (Å²) in [5, 5.41) is 24.7. The second kappa shape index (κ2) is 8.53. The Balaban J connectivity index is 1.99. The quantitative estimate of drug-likeness (QED) is 0.331. The third-order valence-electron chi connectivity index (χ3n) is 3.48. The van der Waals surface area contributed by atoms with Crippen molar-refractivity contribution in [2.24, 2.45) is 0 Å². The number of nitrogens with one attached hydrogen (secondary N) is 3. The normalized spacial score (nSPS) is 28.7. The van der Waals surface area contributed by atoms with E-state index >= 15 is 0 Å². The number of hydrogen-bond acceptors (Lipinski definition) is 8. The van der Waals surface area contributed by atoms with E-state index in [2.05, 4.69) is 16.1 Å². The lowest BCUT2D eigenvalue weighted by Gasteiger charge is -2.40. The number of carbonyl (C=O) groups is 3. The van der Waals surface area contributed by atoms with Gasteiger partial charge in [0.2, 0.25) is 5.91 Å². The van der Waals surface area contributed by atoms with Crippen LogP contribution in [0.3, 0.4) is 0 Å². The van der Waals surface area contributed by atoms with Gasteiger partial charge >= 0.3 is 6.09 Å². The Morgan fingerprint density at radius 1 is 1.20 bits per heavy atom. The third-order valence-corrected chi connectivity index (χ3v) is 3.48. The van der Waals surface area contributed by atoms with Crippen LogP contribution in [0.2, 0.25) is 0 Å². The van der Waals surface area contributed by atoms with Crippen molar-refractivity contribution in [2.45, 2.75) is 37.5 Å². The van der Waals surface area contributed by atoms with Gasteiger partial charge in [-0.2, -0.15) is 0 Å². The van der Waals surface area contributed by atoms with E-state index in [4.69, 9.17) is 9.57 Å². The number of benzene rings is 1. The molecule has 0 spiro atoms. The highest BCUT2D eigenvalue weighted by atomic mass is 16.7. The van der Waals surface area contributed by atoms with Gasteiger partial charge in [0.25, 0.3) is 0 Å².